The molecule has 1 aliphatic heterocycles. The van der Waals surface area contributed by atoms with E-state index < -0.39 is 17.6 Å². The first-order valence-electron chi connectivity index (χ1n) is 19.2. The number of phenolic OH excluding ortho intramolecular Hbond substituents is 1. The molecule has 5 aromatic rings. The van der Waals surface area contributed by atoms with E-state index in [1.807, 2.05) is 30.3 Å². The molecule has 2 unspecified atom stereocenters. The molecule has 288 valence electrons. The van der Waals surface area contributed by atoms with Crippen LogP contribution in [0.4, 0.5) is 0 Å². The summed E-state index contributed by atoms with van der Waals surface area (Å²) >= 11 is 1.38. The Morgan fingerprint density at radius 1 is 0.927 bits per heavy atom. The minimum Gasteiger partial charge on any atom is -0.506 e. The zero-order chi connectivity index (χ0) is 38.4. The van der Waals surface area contributed by atoms with Crippen molar-refractivity contribution in [1.82, 2.24) is 25.8 Å². The molecule has 1 aliphatic carbocycles. The molecule has 0 bridgehead atoms. The second-order valence-corrected chi connectivity index (χ2v) is 15.9. The SMILES string of the molecule is O=C(NCCCCNC[C@H](O)c1ccc(O)c2[nH]c(=O)ccc12)c1ccc(CNC2(C(=O)O)c3ccccc3CC2C2CCN(Cc3ccccc3)CC2)s1. The molecule has 0 spiro atoms. The van der Waals surface area contributed by atoms with Crippen LogP contribution in [0.15, 0.2) is 95.8 Å². The van der Waals surface area contributed by atoms with Crippen molar-refractivity contribution < 1.29 is 24.9 Å². The van der Waals surface area contributed by atoms with E-state index >= 15 is 0 Å². The third kappa shape index (κ3) is 8.53. The van der Waals surface area contributed by atoms with Gasteiger partial charge in [0.2, 0.25) is 5.56 Å². The van der Waals surface area contributed by atoms with Gasteiger partial charge in [0, 0.05) is 42.5 Å². The molecular weight excluding hydrogens is 715 g/mol. The minimum absolute atomic E-state index is 0.0501. The summed E-state index contributed by atoms with van der Waals surface area (Å²) in [5, 5.41) is 42.2. The standard InChI is InChI=1S/C43H49N5O6S/c49-36-15-13-32(33-14-17-39(51)47-40(33)36)37(50)26-44-20-6-7-21-45-41(52)38-16-12-31(55-38)25-46-43(42(53)54)34-11-5-4-10-30(34)24-35(43)29-18-22-48(23-19-29)27-28-8-2-1-3-9-28/h1-5,8-17,29,35,37,44,46,49-50H,6-7,18-27H2,(H,45,52)(H,47,51)(H,53,54)/t35?,37-,43?/m0/s1. The number of hydrogen-bond donors (Lipinski definition) is 7. The molecular formula is C43H49N5O6S. The van der Waals surface area contributed by atoms with Gasteiger partial charge < -0.3 is 30.9 Å². The van der Waals surface area contributed by atoms with Crippen LogP contribution in [0.1, 0.15) is 68.6 Å². The van der Waals surface area contributed by atoms with E-state index in [1.54, 1.807) is 18.2 Å². The fourth-order valence-electron chi connectivity index (χ4n) is 8.51. The second kappa shape index (κ2) is 17.3. The van der Waals surface area contributed by atoms with Gasteiger partial charge >= 0.3 is 5.97 Å². The Balaban J connectivity index is 0.889. The first-order chi connectivity index (χ1) is 26.7. The molecule has 1 saturated heterocycles. The van der Waals surface area contributed by atoms with Crippen LogP contribution in [0.3, 0.4) is 0 Å². The number of H-pyrrole nitrogens is 1. The van der Waals surface area contributed by atoms with Gasteiger partial charge in [-0.05, 0) is 110 Å². The topological polar surface area (TPSA) is 167 Å². The third-order valence-corrected chi connectivity index (χ3v) is 12.4. The Kier molecular flexibility index (Phi) is 12.1. The average molecular weight is 764 g/mol. The lowest BCUT2D eigenvalue weighted by Gasteiger charge is -2.41. The monoisotopic (exact) mass is 763 g/mol. The van der Waals surface area contributed by atoms with E-state index in [-0.39, 0.29) is 29.1 Å². The molecule has 7 N–H and O–H groups in total. The number of phenols is 1. The van der Waals surface area contributed by atoms with Crippen LogP contribution >= 0.6 is 11.3 Å². The van der Waals surface area contributed by atoms with Crippen molar-refractivity contribution >= 4 is 34.1 Å². The van der Waals surface area contributed by atoms with Crippen LogP contribution in [0.25, 0.3) is 10.9 Å². The number of carbonyl (C=O) groups excluding carboxylic acids is 1. The van der Waals surface area contributed by atoms with Crippen molar-refractivity contribution in [2.75, 3.05) is 32.7 Å². The molecule has 7 rings (SSSR count). The van der Waals surface area contributed by atoms with E-state index in [4.69, 9.17) is 0 Å². The molecule has 0 radical (unpaired) electrons. The van der Waals surface area contributed by atoms with Gasteiger partial charge in [-0.25, -0.2) is 4.79 Å². The number of unbranched alkanes of at least 4 members (excludes halogenated alkanes) is 1. The highest BCUT2D eigenvalue weighted by atomic mass is 32.1. The number of aliphatic hydroxyl groups excluding tert-OH is 1. The first-order valence-corrected chi connectivity index (χ1v) is 20.0. The number of likely N-dealkylation sites (tertiary alicyclic amines) is 1. The minimum atomic E-state index is -1.21. The molecule has 0 saturated carbocycles. The van der Waals surface area contributed by atoms with Crippen molar-refractivity contribution in [1.29, 1.82) is 0 Å². The predicted molar refractivity (Wildman–Crippen MR) is 214 cm³/mol. The van der Waals surface area contributed by atoms with E-state index in [9.17, 15) is 29.7 Å². The zero-order valence-electron chi connectivity index (χ0n) is 30.8. The summed E-state index contributed by atoms with van der Waals surface area (Å²) in [6.07, 6.45) is 3.31. The van der Waals surface area contributed by atoms with Gasteiger partial charge in [-0.15, -0.1) is 11.3 Å². The number of aliphatic carboxylic acids is 1. The van der Waals surface area contributed by atoms with Gasteiger partial charge in [0.05, 0.1) is 16.5 Å². The Morgan fingerprint density at radius 3 is 2.49 bits per heavy atom. The van der Waals surface area contributed by atoms with E-state index in [2.05, 4.69) is 56.2 Å². The molecule has 3 aromatic carbocycles. The number of aromatic nitrogens is 1. The number of thiophene rings is 1. The molecule has 3 heterocycles. The number of nitrogens with one attached hydrogen (secondary N) is 4. The summed E-state index contributed by atoms with van der Waals surface area (Å²) < 4.78 is 0. The lowest BCUT2D eigenvalue weighted by Crippen LogP contribution is -2.55. The number of piperidine rings is 1. The Hall–Kier alpha value is -4.85. The summed E-state index contributed by atoms with van der Waals surface area (Å²) in [6.45, 7) is 4.55. The molecule has 1 amide bonds. The second-order valence-electron chi connectivity index (χ2n) is 14.8. The van der Waals surface area contributed by atoms with Crippen LogP contribution in [-0.4, -0.2) is 69.8 Å². The number of carbonyl (C=O) groups is 2. The van der Waals surface area contributed by atoms with Crippen LogP contribution in [0.2, 0.25) is 0 Å². The maximum Gasteiger partial charge on any atom is 0.328 e. The summed E-state index contributed by atoms with van der Waals surface area (Å²) in [5.74, 6) is -0.872. The highest BCUT2D eigenvalue weighted by Gasteiger charge is 2.55. The molecule has 2 aliphatic rings. The lowest BCUT2D eigenvalue weighted by atomic mass is 9.72. The maximum absolute atomic E-state index is 13.4. The third-order valence-electron chi connectivity index (χ3n) is 11.3. The van der Waals surface area contributed by atoms with Gasteiger partial charge in [-0.2, -0.15) is 0 Å². The molecule has 12 heteroatoms. The van der Waals surface area contributed by atoms with Crippen molar-refractivity contribution in [2.24, 2.45) is 11.8 Å². The number of fused-ring (bicyclic) bond motifs is 2. The Labute approximate surface area is 324 Å². The largest absolute Gasteiger partial charge is 0.506 e. The number of hydrogen-bond acceptors (Lipinski definition) is 9. The normalized spacial score (nSPS) is 19.3. The quantitative estimate of drug-likeness (QED) is 0.0662. The predicted octanol–water partition coefficient (Wildman–Crippen LogP) is 5.28. The summed E-state index contributed by atoms with van der Waals surface area (Å²) in [4.78, 5) is 44.7. The van der Waals surface area contributed by atoms with Crippen molar-refractivity contribution in [3.63, 3.8) is 0 Å². The molecule has 3 atom stereocenters. The number of aliphatic hydroxyl groups is 1. The van der Waals surface area contributed by atoms with Crippen LogP contribution in [0.5, 0.6) is 5.75 Å². The fourth-order valence-corrected chi connectivity index (χ4v) is 9.37. The van der Waals surface area contributed by atoms with Gasteiger partial charge in [0.15, 0.2) is 0 Å². The molecule has 1 fully saturated rings. The first kappa shape index (κ1) is 38.4. The molecule has 55 heavy (non-hydrogen) atoms. The number of amides is 1. The van der Waals surface area contributed by atoms with Gasteiger partial charge in [0.1, 0.15) is 11.3 Å². The van der Waals surface area contributed by atoms with E-state index in [0.717, 1.165) is 67.7 Å². The van der Waals surface area contributed by atoms with Crippen molar-refractivity contribution in [3.05, 3.63) is 133 Å². The van der Waals surface area contributed by atoms with Gasteiger partial charge in [-0.3, -0.25) is 19.8 Å². The number of aromatic hydroxyl groups is 1. The Bertz CT molecular complexity index is 2160. The Morgan fingerprint density at radius 2 is 1.69 bits per heavy atom. The number of pyridine rings is 1. The summed E-state index contributed by atoms with van der Waals surface area (Å²) in [6, 6.07) is 28.2. The van der Waals surface area contributed by atoms with Crippen LogP contribution < -0.4 is 21.5 Å². The zero-order valence-corrected chi connectivity index (χ0v) is 31.6. The molecule has 11 nitrogen and oxygen atoms in total. The fraction of sp³-hybridized carbons (Fsp3) is 0.372. The number of aromatic amines is 1. The number of benzene rings is 3. The van der Waals surface area contributed by atoms with Crippen LogP contribution in [0, 0.1) is 11.8 Å². The lowest BCUT2D eigenvalue weighted by molar-refractivity contribution is -0.149. The smallest absolute Gasteiger partial charge is 0.328 e. The average Bonchev–Trinajstić information content (AvgIpc) is 3.81. The number of carboxylic acids is 1. The number of carboxylic acid groups (broad SMARTS) is 1. The van der Waals surface area contributed by atoms with Gasteiger partial charge in [0.25, 0.3) is 5.91 Å². The summed E-state index contributed by atoms with van der Waals surface area (Å²) in [5.41, 5.74) is 2.61. The summed E-state index contributed by atoms with van der Waals surface area (Å²) in [7, 11) is 0. The maximum atomic E-state index is 13.4. The number of nitrogens with zero attached hydrogens (tertiary/aromatic N) is 1. The van der Waals surface area contributed by atoms with E-state index in [1.165, 1.54) is 29.0 Å². The highest BCUT2D eigenvalue weighted by molar-refractivity contribution is 7.14. The van der Waals surface area contributed by atoms with Crippen molar-refractivity contribution in [3.8, 4) is 5.75 Å². The number of rotatable bonds is 16. The van der Waals surface area contributed by atoms with Crippen LogP contribution in [-0.2, 0) is 29.8 Å². The van der Waals surface area contributed by atoms with E-state index in [0.29, 0.717) is 47.5 Å². The highest BCUT2D eigenvalue weighted by Crippen LogP contribution is 2.48. The van der Waals surface area contributed by atoms with Crippen molar-refractivity contribution in [2.45, 2.75) is 56.8 Å². The van der Waals surface area contributed by atoms with Gasteiger partial charge in [-0.1, -0.05) is 60.7 Å². The molecule has 2 aromatic heterocycles.